The maximum Gasteiger partial charge on any atom is 0.417 e. The number of carbonyl (C=O) groups excluding carboxylic acids is 2. The first-order valence-electron chi connectivity index (χ1n) is 19.5. The number of halogens is 8. The van der Waals surface area contributed by atoms with E-state index in [1.807, 2.05) is 36.4 Å². The normalized spacial score (nSPS) is 18.3. The zero-order valence-electron chi connectivity index (χ0n) is 33.6. The Morgan fingerprint density at radius 3 is 1.63 bits per heavy atom. The van der Waals surface area contributed by atoms with Gasteiger partial charge in [-0.1, -0.05) is 65.7 Å². The molecule has 2 amide bonds. The van der Waals surface area contributed by atoms with E-state index in [0.717, 1.165) is 62.0 Å². The molecular weight excluding hydrogens is 833 g/mol. The van der Waals surface area contributed by atoms with Gasteiger partial charge in [-0.25, -0.2) is 0 Å². The molecule has 324 valence electrons. The van der Waals surface area contributed by atoms with Crippen LogP contribution in [-0.2, 0) is 12.4 Å². The first-order chi connectivity index (χ1) is 28.4. The molecule has 2 unspecified atom stereocenters. The lowest BCUT2D eigenvalue weighted by molar-refractivity contribution is -0.138. The van der Waals surface area contributed by atoms with Gasteiger partial charge in [-0.15, -0.1) is 0 Å². The molecule has 16 heteroatoms. The fraction of sp³-hybridized carbons (Fsp3) is 0.409. The van der Waals surface area contributed by atoms with E-state index in [1.54, 1.807) is 26.4 Å². The van der Waals surface area contributed by atoms with Gasteiger partial charge in [0.2, 0.25) is 0 Å². The van der Waals surface area contributed by atoms with Gasteiger partial charge in [0.25, 0.3) is 11.8 Å². The summed E-state index contributed by atoms with van der Waals surface area (Å²) >= 11 is 11.9. The van der Waals surface area contributed by atoms with Crippen molar-refractivity contribution in [3.05, 3.63) is 128 Å². The lowest BCUT2D eigenvalue weighted by Crippen LogP contribution is -2.39. The third-order valence-corrected chi connectivity index (χ3v) is 11.7. The number of hydrogen-bond acceptors (Lipinski definition) is 6. The van der Waals surface area contributed by atoms with Gasteiger partial charge in [0.1, 0.15) is 11.5 Å². The largest absolute Gasteiger partial charge is 0.497 e. The molecule has 2 heterocycles. The highest BCUT2D eigenvalue weighted by Gasteiger charge is 2.37. The summed E-state index contributed by atoms with van der Waals surface area (Å²) < 4.78 is 89.9. The Bertz CT molecular complexity index is 2100. The topological polar surface area (TPSA) is 83.1 Å². The van der Waals surface area contributed by atoms with Crippen LogP contribution in [0.5, 0.6) is 11.5 Å². The van der Waals surface area contributed by atoms with E-state index < -0.39 is 57.4 Å². The van der Waals surface area contributed by atoms with E-state index in [-0.39, 0.29) is 11.1 Å². The Labute approximate surface area is 356 Å². The number of nitrogens with zero attached hydrogens (tertiary/aromatic N) is 2. The molecule has 0 aliphatic carbocycles. The monoisotopic (exact) mass is 880 g/mol. The number of para-hydroxylation sites is 1. The quantitative estimate of drug-likeness (QED) is 0.138. The summed E-state index contributed by atoms with van der Waals surface area (Å²) in [5, 5.41) is 4.56. The summed E-state index contributed by atoms with van der Waals surface area (Å²) in [5.41, 5.74) is -0.892. The zero-order valence-corrected chi connectivity index (χ0v) is 35.1. The minimum atomic E-state index is -4.64. The summed E-state index contributed by atoms with van der Waals surface area (Å²) in [6.07, 6.45) is -5.01. The third-order valence-electron chi connectivity index (χ3n) is 10.9. The minimum absolute atomic E-state index is 0.200. The molecule has 2 aliphatic rings. The van der Waals surface area contributed by atoms with Crippen LogP contribution in [0.15, 0.2) is 84.9 Å². The third kappa shape index (κ3) is 11.7. The molecule has 2 saturated heterocycles. The molecule has 0 radical (unpaired) electrons. The first-order valence-corrected chi connectivity index (χ1v) is 20.3. The predicted molar refractivity (Wildman–Crippen MR) is 220 cm³/mol. The second kappa shape index (κ2) is 20.4. The molecule has 2 fully saturated rings. The van der Waals surface area contributed by atoms with E-state index in [9.17, 15) is 35.9 Å². The van der Waals surface area contributed by atoms with Crippen molar-refractivity contribution in [1.82, 2.24) is 20.4 Å². The number of hydrogen-bond donors (Lipinski definition) is 2. The van der Waals surface area contributed by atoms with Gasteiger partial charge in [-0.3, -0.25) is 19.4 Å². The zero-order chi connectivity index (χ0) is 43.8. The van der Waals surface area contributed by atoms with Gasteiger partial charge in [0, 0.05) is 30.7 Å². The van der Waals surface area contributed by atoms with E-state index in [0.29, 0.717) is 36.7 Å². The van der Waals surface area contributed by atoms with Crippen molar-refractivity contribution < 1.29 is 45.4 Å². The number of ether oxygens (including phenoxy) is 2. The van der Waals surface area contributed by atoms with Crippen LogP contribution in [0.25, 0.3) is 0 Å². The van der Waals surface area contributed by atoms with Crippen molar-refractivity contribution in [1.29, 1.82) is 0 Å². The average molecular weight is 882 g/mol. The number of amides is 2. The number of carbonyl (C=O) groups is 2. The van der Waals surface area contributed by atoms with Crippen LogP contribution in [-0.4, -0.2) is 74.1 Å². The van der Waals surface area contributed by atoms with Crippen LogP contribution in [0, 0.1) is 0 Å². The number of nitrogens with one attached hydrogen (secondary N) is 2. The number of rotatable bonds is 12. The Morgan fingerprint density at radius 2 is 1.17 bits per heavy atom. The van der Waals surface area contributed by atoms with Gasteiger partial charge in [-0.2, -0.15) is 26.3 Å². The summed E-state index contributed by atoms with van der Waals surface area (Å²) in [7, 11) is 3.09. The number of likely N-dealkylation sites (tertiary alicyclic amines) is 2. The second-order valence-electron chi connectivity index (χ2n) is 14.9. The second-order valence-corrected chi connectivity index (χ2v) is 15.6. The van der Waals surface area contributed by atoms with Crippen LogP contribution in [0.4, 0.5) is 26.3 Å². The van der Waals surface area contributed by atoms with Gasteiger partial charge >= 0.3 is 12.4 Å². The Hall–Kier alpha value is -4.50. The molecule has 0 bridgehead atoms. The highest BCUT2D eigenvalue weighted by atomic mass is 35.5. The van der Waals surface area contributed by atoms with Gasteiger partial charge in [0.15, 0.2) is 0 Å². The summed E-state index contributed by atoms with van der Waals surface area (Å²) in [4.78, 5) is 30.4. The fourth-order valence-electron chi connectivity index (χ4n) is 7.59. The Morgan fingerprint density at radius 1 is 0.683 bits per heavy atom. The molecule has 4 aromatic rings. The van der Waals surface area contributed by atoms with Crippen molar-refractivity contribution in [2.45, 2.75) is 76.1 Å². The molecule has 2 N–H and O–H groups in total. The van der Waals surface area contributed by atoms with Crippen molar-refractivity contribution >= 4 is 35.0 Å². The predicted octanol–water partition coefficient (Wildman–Crippen LogP) is 10.6. The van der Waals surface area contributed by atoms with E-state index in [4.69, 9.17) is 32.7 Å². The van der Waals surface area contributed by atoms with E-state index >= 15 is 0 Å². The number of alkyl halides is 6. The van der Waals surface area contributed by atoms with Gasteiger partial charge in [0.05, 0.1) is 58.6 Å². The minimum Gasteiger partial charge on any atom is -0.497 e. The first kappa shape index (κ1) is 46.6. The van der Waals surface area contributed by atoms with Crippen LogP contribution in [0.3, 0.4) is 0 Å². The fourth-order valence-corrected chi connectivity index (χ4v) is 8.23. The molecule has 4 aromatic carbocycles. The highest BCUT2D eigenvalue weighted by Crippen LogP contribution is 2.38. The van der Waals surface area contributed by atoms with Crippen molar-refractivity contribution in [2.24, 2.45) is 0 Å². The molecule has 60 heavy (non-hydrogen) atoms. The molecule has 0 aromatic heterocycles. The summed E-state index contributed by atoms with van der Waals surface area (Å²) in [6, 6.07) is 21.1. The van der Waals surface area contributed by atoms with E-state index in [1.165, 1.54) is 24.3 Å². The molecule has 2 aliphatic heterocycles. The SMILES string of the molecule is COc1cccc([C@@H](CN2CCCC2C)NC(=O)c2cccc(C(F)(F)F)c2Cl)c1.COc1ccccc1[C@@H](CN1CCCC1C)NC(=O)c1cccc(C(F)(F)F)c1Cl. The Balaban J connectivity index is 0.000000228. The van der Waals surface area contributed by atoms with Crippen molar-refractivity contribution in [3.8, 4) is 11.5 Å². The van der Waals surface area contributed by atoms with Crippen molar-refractivity contribution in [3.63, 3.8) is 0 Å². The molecule has 0 spiro atoms. The lowest BCUT2D eigenvalue weighted by Gasteiger charge is -2.29. The molecular formula is C44H48Cl2F6N4O4. The standard InChI is InChI=1S/2C22H24ClF3N2O2/c1-14-6-5-11-28(14)13-19(15-7-3-8-16(12-15)30-2)27-21(29)17-9-4-10-18(20(17)23)22(24,25)26;1-14-7-6-12-28(14)13-18(15-8-3-4-11-19(15)30-2)27-21(29)16-9-5-10-17(20(16)23)22(24,25)26/h3-4,7-10,12,14,19H,5-6,11,13H2,1-2H3,(H,27,29);3-5,8-11,14,18H,6-7,12-13H2,1-2H3,(H,27,29)/t14?,19-;14?,18-/m11/s1. The highest BCUT2D eigenvalue weighted by molar-refractivity contribution is 6.35. The maximum atomic E-state index is 13.2. The molecule has 8 nitrogen and oxygen atoms in total. The summed E-state index contributed by atoms with van der Waals surface area (Å²) in [5.74, 6) is -0.0669. The maximum absolute atomic E-state index is 13.2. The number of methoxy groups -OCH3 is 2. The van der Waals surface area contributed by atoms with Crippen LogP contribution < -0.4 is 20.1 Å². The number of benzene rings is 4. The molecule has 4 atom stereocenters. The van der Waals surface area contributed by atoms with Gasteiger partial charge < -0.3 is 20.1 Å². The molecule has 0 saturated carbocycles. The average Bonchev–Trinajstić information content (AvgIpc) is 3.82. The Kier molecular flexibility index (Phi) is 15.8. The van der Waals surface area contributed by atoms with Crippen molar-refractivity contribution in [2.75, 3.05) is 40.4 Å². The smallest absolute Gasteiger partial charge is 0.417 e. The van der Waals surface area contributed by atoms with Gasteiger partial charge in [-0.05, 0) is 101 Å². The summed E-state index contributed by atoms with van der Waals surface area (Å²) in [6.45, 7) is 7.11. The van der Waals surface area contributed by atoms with Crippen LogP contribution in [0.1, 0.15) is 94.6 Å². The van der Waals surface area contributed by atoms with E-state index in [2.05, 4.69) is 34.3 Å². The molecule has 6 rings (SSSR count). The lowest BCUT2D eigenvalue weighted by atomic mass is 10.0. The van der Waals surface area contributed by atoms with Crippen LogP contribution >= 0.6 is 23.2 Å². The van der Waals surface area contributed by atoms with Crippen LogP contribution in [0.2, 0.25) is 10.0 Å².